The van der Waals surface area contributed by atoms with Crippen molar-refractivity contribution in [1.82, 2.24) is 14.9 Å². The molecule has 3 aromatic carbocycles. The summed E-state index contributed by atoms with van der Waals surface area (Å²) >= 11 is 6.55. The van der Waals surface area contributed by atoms with Crippen LogP contribution in [0.4, 0.5) is 4.39 Å². The number of hydrogen-bond donors (Lipinski definition) is 0. The van der Waals surface area contributed by atoms with Gasteiger partial charge in [-0.15, -0.1) is 0 Å². The Morgan fingerprint density at radius 2 is 1.82 bits per heavy atom. The molecule has 0 N–H and O–H groups in total. The molecule has 0 bridgehead atoms. The first-order valence-corrected chi connectivity index (χ1v) is 13.5. The Labute approximate surface area is 232 Å². The zero-order valence-electron chi connectivity index (χ0n) is 21.7. The van der Waals surface area contributed by atoms with Crippen molar-refractivity contribution in [3.05, 3.63) is 135 Å². The zero-order chi connectivity index (χ0) is 26.9. The van der Waals surface area contributed by atoms with Crippen molar-refractivity contribution in [2.45, 2.75) is 25.5 Å². The van der Waals surface area contributed by atoms with Gasteiger partial charge in [0.15, 0.2) is 5.70 Å². The molecule has 0 saturated carbocycles. The molecule has 2 aliphatic heterocycles. The average Bonchev–Trinajstić information content (AvgIpc) is 3.44. The second kappa shape index (κ2) is 8.83. The maximum atomic E-state index is 14.6. The van der Waals surface area contributed by atoms with E-state index >= 15 is 0 Å². The van der Waals surface area contributed by atoms with Gasteiger partial charge in [-0.2, -0.15) is 5.01 Å². The Morgan fingerprint density at radius 1 is 1.05 bits per heavy atom. The molecule has 3 aromatic rings. The number of likely N-dealkylation sites (N-methyl/N-ethyl adjacent to an activating group) is 1. The van der Waals surface area contributed by atoms with E-state index in [4.69, 9.17) is 16.3 Å². The van der Waals surface area contributed by atoms with Crippen LogP contribution in [0.5, 0.6) is 0 Å². The molecule has 0 spiro atoms. The number of rotatable bonds is 4. The SMILES string of the molecule is CC1C=CN2C(=C1OCc1ccccc1)C(=O)N(C)CN2C12C(=Cc3c1ccc(F)c3Cl)Cc1ccccc12. The van der Waals surface area contributed by atoms with Crippen LogP contribution in [0.1, 0.15) is 34.7 Å². The smallest absolute Gasteiger partial charge is 0.276 e. The number of carbonyl (C=O) groups is 1. The average molecular weight is 540 g/mol. The lowest BCUT2D eigenvalue weighted by atomic mass is 9.83. The monoisotopic (exact) mass is 539 g/mol. The highest BCUT2D eigenvalue weighted by atomic mass is 35.5. The van der Waals surface area contributed by atoms with Gasteiger partial charge < -0.3 is 9.64 Å². The van der Waals surface area contributed by atoms with Gasteiger partial charge in [0.25, 0.3) is 5.91 Å². The lowest BCUT2D eigenvalue weighted by Gasteiger charge is -2.53. The predicted octanol–water partition coefficient (Wildman–Crippen LogP) is 6.22. The summed E-state index contributed by atoms with van der Waals surface area (Å²) in [5, 5.41) is 4.28. The van der Waals surface area contributed by atoms with E-state index < -0.39 is 11.4 Å². The molecule has 1 amide bonds. The van der Waals surface area contributed by atoms with Crippen molar-refractivity contribution in [3.63, 3.8) is 0 Å². The maximum Gasteiger partial charge on any atom is 0.276 e. The van der Waals surface area contributed by atoms with Crippen molar-refractivity contribution in [3.8, 4) is 0 Å². The Hall–Kier alpha value is -3.87. The summed E-state index contributed by atoms with van der Waals surface area (Å²) in [5.41, 5.74) is 5.80. The van der Waals surface area contributed by atoms with Crippen LogP contribution >= 0.6 is 11.6 Å². The van der Waals surface area contributed by atoms with Gasteiger partial charge in [-0.1, -0.05) is 91.3 Å². The topological polar surface area (TPSA) is 36.0 Å². The van der Waals surface area contributed by atoms with Gasteiger partial charge >= 0.3 is 0 Å². The Morgan fingerprint density at radius 3 is 2.64 bits per heavy atom. The van der Waals surface area contributed by atoms with Crippen molar-refractivity contribution in [1.29, 1.82) is 0 Å². The fourth-order valence-corrected chi connectivity index (χ4v) is 6.69. The van der Waals surface area contributed by atoms with E-state index in [-0.39, 0.29) is 16.8 Å². The molecule has 2 unspecified atom stereocenters. The summed E-state index contributed by atoms with van der Waals surface area (Å²) in [6, 6.07) is 21.6. The van der Waals surface area contributed by atoms with E-state index in [0.29, 0.717) is 36.7 Å². The van der Waals surface area contributed by atoms with Crippen LogP contribution in [0.2, 0.25) is 5.02 Å². The van der Waals surface area contributed by atoms with Gasteiger partial charge in [0.05, 0.1) is 11.7 Å². The van der Waals surface area contributed by atoms with Crippen LogP contribution < -0.4 is 0 Å². The van der Waals surface area contributed by atoms with E-state index in [2.05, 4.69) is 23.2 Å². The standard InChI is InChI=1S/C32H27ClFN3O2/c1-20-14-15-36-29(30(20)39-18-21-8-4-3-5-9-21)31(38)35(2)19-37(36)32-23(16-22-10-6-7-11-25(22)32)17-24-26(32)12-13-27(34)28(24)33/h3-15,17,20H,16,18-19H2,1-2H3. The maximum absolute atomic E-state index is 14.6. The number of allylic oxidation sites excluding steroid dienone is 1. The Kier molecular flexibility index (Phi) is 5.48. The van der Waals surface area contributed by atoms with Crippen LogP contribution in [-0.2, 0) is 28.1 Å². The first-order chi connectivity index (χ1) is 18.9. The van der Waals surface area contributed by atoms with Gasteiger partial charge in [-0.25, -0.2) is 4.39 Å². The normalized spacial score (nSPS) is 23.4. The van der Waals surface area contributed by atoms with Gasteiger partial charge in [-0.05, 0) is 40.3 Å². The Balaban J connectivity index is 1.41. The number of halogens is 2. The lowest BCUT2D eigenvalue weighted by Crippen LogP contribution is -2.63. The fourth-order valence-electron chi connectivity index (χ4n) is 6.47. The highest BCUT2D eigenvalue weighted by Gasteiger charge is 2.57. The van der Waals surface area contributed by atoms with E-state index in [9.17, 15) is 9.18 Å². The third kappa shape index (κ3) is 3.38. The van der Waals surface area contributed by atoms with E-state index in [1.54, 1.807) is 4.90 Å². The number of carbonyl (C=O) groups excluding carboxylic acids is 1. The number of fused-ring (bicyclic) bond motifs is 6. The number of benzene rings is 3. The molecule has 1 fully saturated rings. The Bertz CT molecular complexity index is 1610. The quantitative estimate of drug-likeness (QED) is 0.394. The summed E-state index contributed by atoms with van der Waals surface area (Å²) in [6.07, 6.45) is 6.77. The summed E-state index contributed by atoms with van der Waals surface area (Å²) < 4.78 is 21.0. The van der Waals surface area contributed by atoms with Crippen LogP contribution in [0.3, 0.4) is 0 Å². The summed E-state index contributed by atoms with van der Waals surface area (Å²) in [6.45, 7) is 2.72. The molecule has 0 radical (unpaired) electrons. The molecule has 5 nitrogen and oxygen atoms in total. The molecular weight excluding hydrogens is 513 g/mol. The number of hydrogen-bond acceptors (Lipinski definition) is 4. The second-order valence-electron chi connectivity index (χ2n) is 10.5. The van der Waals surface area contributed by atoms with Crippen LogP contribution in [0, 0.1) is 11.7 Å². The van der Waals surface area contributed by atoms with Crippen LogP contribution in [0.25, 0.3) is 6.08 Å². The molecule has 2 aliphatic carbocycles. The minimum Gasteiger partial charge on any atom is -0.490 e. The molecule has 1 saturated heterocycles. The highest BCUT2D eigenvalue weighted by molar-refractivity contribution is 6.32. The molecule has 0 aromatic heterocycles. The van der Waals surface area contributed by atoms with E-state index in [1.807, 2.05) is 79.8 Å². The van der Waals surface area contributed by atoms with Crippen molar-refractivity contribution in [2.24, 2.45) is 5.92 Å². The molecule has 4 aliphatic rings. The van der Waals surface area contributed by atoms with Gasteiger partial charge in [0.2, 0.25) is 0 Å². The van der Waals surface area contributed by atoms with Crippen molar-refractivity contribution >= 4 is 23.6 Å². The number of amides is 1. The molecule has 2 heterocycles. The van der Waals surface area contributed by atoms with E-state index in [0.717, 1.165) is 22.3 Å². The predicted molar refractivity (Wildman–Crippen MR) is 148 cm³/mol. The second-order valence-corrected chi connectivity index (χ2v) is 10.9. The van der Waals surface area contributed by atoms with Crippen molar-refractivity contribution < 1.29 is 13.9 Å². The summed E-state index contributed by atoms with van der Waals surface area (Å²) in [5.74, 6) is 0.00564. The molecule has 39 heavy (non-hydrogen) atoms. The minimum atomic E-state index is -0.751. The minimum absolute atomic E-state index is 0.0833. The molecule has 196 valence electrons. The third-order valence-corrected chi connectivity index (χ3v) is 8.65. The van der Waals surface area contributed by atoms with E-state index in [1.165, 1.54) is 11.6 Å². The van der Waals surface area contributed by atoms with Gasteiger partial charge in [-0.3, -0.25) is 9.80 Å². The first-order valence-electron chi connectivity index (χ1n) is 13.1. The molecule has 7 rings (SSSR count). The van der Waals surface area contributed by atoms with Crippen LogP contribution in [0.15, 0.2) is 96.0 Å². The third-order valence-electron chi connectivity index (χ3n) is 8.27. The molecular formula is C32H27ClFN3O2. The molecule has 2 atom stereocenters. The fraction of sp³-hybridized carbons (Fsp3) is 0.219. The molecule has 7 heteroatoms. The van der Waals surface area contributed by atoms with Crippen LogP contribution in [-0.4, -0.2) is 34.5 Å². The summed E-state index contributed by atoms with van der Waals surface area (Å²) in [7, 11) is 1.81. The largest absolute Gasteiger partial charge is 0.490 e. The lowest BCUT2D eigenvalue weighted by molar-refractivity contribution is -0.152. The highest BCUT2D eigenvalue weighted by Crippen LogP contribution is 2.58. The van der Waals surface area contributed by atoms with Gasteiger partial charge in [0.1, 0.15) is 23.7 Å². The number of nitrogens with zero attached hydrogens (tertiary/aromatic N) is 3. The number of ether oxygens (including phenoxy) is 1. The van der Waals surface area contributed by atoms with Gasteiger partial charge in [0, 0.05) is 24.7 Å². The van der Waals surface area contributed by atoms with Crippen molar-refractivity contribution in [2.75, 3.05) is 13.7 Å². The zero-order valence-corrected chi connectivity index (χ0v) is 22.5. The summed E-state index contributed by atoms with van der Waals surface area (Å²) in [4.78, 5) is 15.5. The first kappa shape index (κ1) is 24.2. The number of hydrazine groups is 1.